The van der Waals surface area contributed by atoms with Crippen LogP contribution in [0.2, 0.25) is 0 Å². The van der Waals surface area contributed by atoms with E-state index >= 15 is 0 Å². The Balaban J connectivity index is 4.43. The van der Waals surface area contributed by atoms with E-state index in [2.05, 4.69) is 97.3 Å². The Hall–Kier alpha value is 3.27. The van der Waals surface area contributed by atoms with Crippen LogP contribution in [0.25, 0.3) is 0 Å². The topological polar surface area (TPSA) is 0 Å². The summed E-state index contributed by atoms with van der Waals surface area (Å²) < 4.78 is -1.59. The van der Waals surface area contributed by atoms with Gasteiger partial charge in [0.1, 0.15) is 0 Å². The van der Waals surface area contributed by atoms with Gasteiger partial charge in [0.2, 0.25) is 0 Å². The summed E-state index contributed by atoms with van der Waals surface area (Å²) in [4.78, 5) is 0. The van der Waals surface area contributed by atoms with Crippen LogP contribution in [-0.2, 0) is 0 Å². The van der Waals surface area contributed by atoms with Crippen molar-refractivity contribution in [3.8, 4) is 0 Å². The highest BCUT2D eigenvalue weighted by Gasteiger charge is 2.39. The second kappa shape index (κ2) is 1.90. The molecule has 0 rings (SSSR count). The third-order valence-electron chi connectivity index (χ3n) is 0. The maximum absolute atomic E-state index is 2.52. The van der Waals surface area contributed by atoms with Crippen molar-refractivity contribution in [3.05, 3.63) is 0 Å². The lowest BCUT2D eigenvalue weighted by Crippen LogP contribution is -1.93. The van der Waals surface area contributed by atoms with Gasteiger partial charge in [0, 0.05) is 0 Å². The van der Waals surface area contributed by atoms with Gasteiger partial charge in [-0.1, -0.05) is 0 Å². The summed E-state index contributed by atoms with van der Waals surface area (Å²) in [6, 6.07) is 0. The van der Waals surface area contributed by atoms with E-state index < -0.39 is -3.02 Å². The number of hydrogen-bond donors (Lipinski definition) is 0. The van der Waals surface area contributed by atoms with Crippen LogP contribution in [0.3, 0.4) is 0 Å². The van der Waals surface area contributed by atoms with Crippen LogP contribution in [-0.4, -0.2) is 12.5 Å². The Labute approximate surface area is 91.9 Å². The monoisotopic (exact) mass is 570 g/mol. The molecule has 0 atom stereocenters. The number of rotatable bonds is 0. The molecule has 0 fully saturated rings. The van der Waals surface area contributed by atoms with E-state index in [1.165, 1.54) is 0 Å². The summed E-state index contributed by atoms with van der Waals surface area (Å²) in [7, 11) is 0. The second-order valence-electron chi connectivity index (χ2n) is 1.99. The summed E-state index contributed by atoms with van der Waals surface area (Å²) in [5.74, 6) is 0. The highest BCUT2D eigenvalue weighted by atomic mass is 127. The maximum atomic E-state index is 2.52. The molecule has 7 heavy (non-hydrogen) atoms. The molecule has 0 N–H and O–H groups in total. The minimum Gasteiger partial charge on any atom is -0.113 e. The molecule has 0 nitrogen and oxygen atoms in total. The largest absolute Gasteiger partial charge is 0.113 e. The fraction of sp³-hybridized carbons (Fsp3) is 1.00. The highest BCUT2D eigenvalue weighted by Crippen LogP contribution is 3.08. The van der Waals surface area contributed by atoms with Crippen LogP contribution in [0.1, 0.15) is 0 Å². The molecule has 0 unspecified atom stereocenters. The quantitative estimate of drug-likeness (QED) is 0.377. The molecule has 5 heteroatoms. The van der Waals surface area contributed by atoms with Gasteiger partial charge in [-0.05, 0) is 97.3 Å². The Bertz CT molecular complexity index is 68.3. The van der Waals surface area contributed by atoms with Crippen molar-refractivity contribution in [2.75, 3.05) is 12.5 Å². The zero-order valence-corrected chi connectivity index (χ0v) is 13.4. The third-order valence-corrected chi connectivity index (χ3v) is 0. The lowest BCUT2D eigenvalue weighted by atomic mass is 11.9. The number of hydrogen-bond acceptors (Lipinski definition) is 0. The number of halogens is 4. The SMILES string of the molecule is CS(C)(I)(I)(I)I. The van der Waals surface area contributed by atoms with Crippen LogP contribution in [0.5, 0.6) is 0 Å². The molecule has 48 valence electrons. The lowest BCUT2D eigenvalue weighted by molar-refractivity contribution is 2.35. The summed E-state index contributed by atoms with van der Waals surface area (Å²) in [6.07, 6.45) is 4.59. The van der Waals surface area contributed by atoms with Gasteiger partial charge >= 0.3 is 0 Å². The van der Waals surface area contributed by atoms with Crippen molar-refractivity contribution >= 4 is 81.8 Å². The second-order valence-corrected chi connectivity index (χ2v) is 73.3. The summed E-state index contributed by atoms with van der Waals surface area (Å²) in [5, 5.41) is 0. The van der Waals surface area contributed by atoms with Crippen LogP contribution in [0, 0.1) is 0 Å². The third kappa shape index (κ3) is 45.8. The first kappa shape index (κ1) is 10.3. The fourth-order valence-electron chi connectivity index (χ4n) is 0. The van der Waals surface area contributed by atoms with Crippen LogP contribution >= 0.6 is 81.8 Å². The maximum Gasteiger partial charge on any atom is -0.0148 e. The predicted octanol–water partition coefficient (Wildman–Crippen LogP) is 4.52. The molecule has 0 aromatic heterocycles. The van der Waals surface area contributed by atoms with E-state index in [1.807, 2.05) is 0 Å². The molecule has 0 aromatic carbocycles. The van der Waals surface area contributed by atoms with Crippen molar-refractivity contribution in [3.63, 3.8) is 0 Å². The summed E-state index contributed by atoms with van der Waals surface area (Å²) in [5.41, 5.74) is 0. The van der Waals surface area contributed by atoms with Crippen LogP contribution in [0.15, 0.2) is 0 Å². The minimum absolute atomic E-state index is 1.59. The molecule has 0 saturated heterocycles. The predicted molar refractivity (Wildman–Crippen MR) is 75.5 cm³/mol. The van der Waals surface area contributed by atoms with E-state index in [-0.39, 0.29) is 0 Å². The molecule has 0 spiro atoms. The van der Waals surface area contributed by atoms with Crippen molar-refractivity contribution in [2.24, 2.45) is 0 Å². The molecule has 0 aromatic rings. The molecule has 0 aliphatic carbocycles. The smallest absolute Gasteiger partial charge is 0.0148 e. The molecule has 0 aliphatic heterocycles. The minimum atomic E-state index is -1.59. The standard InChI is InChI=1S/C2H6I4S/c1-7(2,3,4,5)6/h1-2H3. The zero-order chi connectivity index (χ0) is 6.41. The average Bonchev–Trinajstić information content (AvgIpc) is 0.592. The molecular weight excluding hydrogens is 564 g/mol. The molecule has 0 amide bonds. The normalized spacial score (nSPS) is 23.1. The Morgan fingerprint density at radius 3 is 0.857 bits per heavy atom. The molecule has 0 saturated carbocycles. The Morgan fingerprint density at radius 2 is 0.857 bits per heavy atom. The summed E-state index contributed by atoms with van der Waals surface area (Å²) in [6.45, 7) is 0. The van der Waals surface area contributed by atoms with Gasteiger partial charge in [0.05, 0.1) is 0 Å². The summed E-state index contributed by atoms with van der Waals surface area (Å²) >= 11 is 10.1. The van der Waals surface area contributed by atoms with E-state index in [1.54, 1.807) is 0 Å². The van der Waals surface area contributed by atoms with Crippen molar-refractivity contribution in [1.82, 2.24) is 0 Å². The molecular formula is C2H6I4S. The first-order valence-electron chi connectivity index (χ1n) is 1.43. The fourth-order valence-corrected chi connectivity index (χ4v) is 0. The van der Waals surface area contributed by atoms with Gasteiger partial charge in [0.15, 0.2) is 0 Å². The van der Waals surface area contributed by atoms with Crippen molar-refractivity contribution in [2.45, 2.75) is 0 Å². The molecule has 0 heterocycles. The van der Waals surface area contributed by atoms with Gasteiger partial charge in [-0.2, -0.15) is 0 Å². The first-order valence-corrected chi connectivity index (χ1v) is 14.9. The van der Waals surface area contributed by atoms with Gasteiger partial charge < -0.3 is 0 Å². The van der Waals surface area contributed by atoms with Gasteiger partial charge in [-0.25, -0.2) is 0 Å². The van der Waals surface area contributed by atoms with E-state index in [0.717, 1.165) is 0 Å². The lowest BCUT2D eigenvalue weighted by Gasteiger charge is -2.51. The van der Waals surface area contributed by atoms with Gasteiger partial charge in [0.25, 0.3) is 0 Å². The van der Waals surface area contributed by atoms with Crippen LogP contribution < -0.4 is 0 Å². The molecule has 0 bridgehead atoms. The van der Waals surface area contributed by atoms with E-state index in [0.29, 0.717) is 0 Å². The highest BCUT2D eigenvalue weighted by molar-refractivity contribution is 14.6. The van der Waals surface area contributed by atoms with E-state index in [4.69, 9.17) is 0 Å². The van der Waals surface area contributed by atoms with Crippen molar-refractivity contribution < 1.29 is 0 Å². The zero-order valence-electron chi connectivity index (χ0n) is 3.92. The van der Waals surface area contributed by atoms with Gasteiger partial charge in [-0.15, -0.1) is -3.02 Å². The Kier molecular flexibility index (Phi) is 2.79. The molecule has 0 aliphatic rings. The average molecular weight is 570 g/mol. The Morgan fingerprint density at radius 1 is 0.857 bits per heavy atom. The molecule has 0 radical (unpaired) electrons. The van der Waals surface area contributed by atoms with E-state index in [9.17, 15) is 0 Å². The van der Waals surface area contributed by atoms with Gasteiger partial charge in [-0.3, -0.25) is 0 Å². The van der Waals surface area contributed by atoms with Crippen LogP contribution in [0.4, 0.5) is 0 Å². The first-order chi connectivity index (χ1) is 2.45. The van der Waals surface area contributed by atoms with Crippen molar-refractivity contribution in [1.29, 1.82) is 0 Å².